The predicted molar refractivity (Wildman–Crippen MR) is 157 cm³/mol. The van der Waals surface area contributed by atoms with Gasteiger partial charge in [-0.05, 0) is 68.7 Å². The van der Waals surface area contributed by atoms with E-state index in [-0.39, 0.29) is 28.9 Å². The minimum atomic E-state index is -3.88. The Morgan fingerprint density at radius 1 is 1.05 bits per heavy atom. The molecule has 38 heavy (non-hydrogen) atoms. The third-order valence-electron chi connectivity index (χ3n) is 5.40. The van der Waals surface area contributed by atoms with Crippen LogP contribution in [0.2, 0.25) is 10.0 Å². The molecular formula is C25H25Cl3N4O4S2. The number of amides is 1. The number of hydrogen-bond acceptors (Lipinski definition) is 7. The summed E-state index contributed by atoms with van der Waals surface area (Å²) in [5.74, 6) is 0.226. The topological polar surface area (TPSA) is 91.8 Å². The Bertz CT molecular complexity index is 1540. The van der Waals surface area contributed by atoms with Crippen molar-refractivity contribution >= 4 is 83.9 Å². The number of carbonyl (C=O) groups excluding carboxylic acids is 1. The lowest BCUT2D eigenvalue weighted by Crippen LogP contribution is -2.36. The molecule has 13 heteroatoms. The number of likely N-dealkylation sites (N-methyl/N-ethyl adjacent to an activating group) is 1. The Labute approximate surface area is 241 Å². The Kier molecular flexibility index (Phi) is 9.85. The van der Waals surface area contributed by atoms with Crippen LogP contribution in [0.3, 0.4) is 0 Å². The summed E-state index contributed by atoms with van der Waals surface area (Å²) in [6.45, 7) is 0.932. The molecule has 0 spiro atoms. The molecule has 0 saturated carbocycles. The molecule has 0 radical (unpaired) electrons. The number of thiazole rings is 1. The van der Waals surface area contributed by atoms with Crippen LogP contribution in [0.4, 0.5) is 10.8 Å². The van der Waals surface area contributed by atoms with E-state index >= 15 is 0 Å². The van der Waals surface area contributed by atoms with Gasteiger partial charge in [0, 0.05) is 29.4 Å². The second-order valence-electron chi connectivity index (χ2n) is 8.32. The van der Waals surface area contributed by atoms with Gasteiger partial charge in [-0.3, -0.25) is 14.4 Å². The number of benzene rings is 3. The van der Waals surface area contributed by atoms with Gasteiger partial charge in [-0.25, -0.2) is 13.4 Å². The van der Waals surface area contributed by atoms with Crippen LogP contribution >= 0.6 is 46.9 Å². The van der Waals surface area contributed by atoms with Crippen molar-refractivity contribution in [1.29, 1.82) is 0 Å². The number of anilines is 2. The normalized spacial score (nSPS) is 11.3. The van der Waals surface area contributed by atoms with Crippen LogP contribution in [0.5, 0.6) is 5.75 Å². The van der Waals surface area contributed by atoms with E-state index in [2.05, 4.69) is 9.71 Å². The highest BCUT2D eigenvalue weighted by Crippen LogP contribution is 2.39. The predicted octanol–water partition coefficient (Wildman–Crippen LogP) is 6.04. The summed E-state index contributed by atoms with van der Waals surface area (Å²) in [5.41, 5.74) is 1.12. The van der Waals surface area contributed by atoms with Gasteiger partial charge in [-0.15, -0.1) is 12.4 Å². The minimum Gasteiger partial charge on any atom is -0.494 e. The smallest absolute Gasteiger partial charge is 0.261 e. The number of sulfonamides is 1. The molecule has 202 valence electrons. The quantitative estimate of drug-likeness (QED) is 0.247. The van der Waals surface area contributed by atoms with Crippen molar-refractivity contribution < 1.29 is 17.9 Å². The zero-order valence-electron chi connectivity index (χ0n) is 20.6. The fourth-order valence-corrected chi connectivity index (χ4v) is 5.96. The fraction of sp³-hybridized carbons (Fsp3) is 0.200. The first-order chi connectivity index (χ1) is 17.6. The minimum absolute atomic E-state index is 0. The van der Waals surface area contributed by atoms with Crippen molar-refractivity contribution in [2.75, 3.05) is 43.9 Å². The van der Waals surface area contributed by atoms with E-state index in [1.165, 1.54) is 41.7 Å². The van der Waals surface area contributed by atoms with Crippen molar-refractivity contribution in [2.24, 2.45) is 0 Å². The Morgan fingerprint density at radius 3 is 2.42 bits per heavy atom. The van der Waals surface area contributed by atoms with Crippen molar-refractivity contribution in [3.8, 4) is 5.75 Å². The first-order valence-corrected chi connectivity index (χ1v) is 14.1. The number of methoxy groups -OCH3 is 1. The highest BCUT2D eigenvalue weighted by atomic mass is 35.5. The first-order valence-electron chi connectivity index (χ1n) is 11.1. The molecule has 1 N–H and O–H groups in total. The van der Waals surface area contributed by atoms with E-state index in [1.807, 2.05) is 19.0 Å². The summed E-state index contributed by atoms with van der Waals surface area (Å²) in [4.78, 5) is 22.0. The average molecular weight is 616 g/mol. The molecule has 0 aliphatic heterocycles. The van der Waals surface area contributed by atoms with E-state index < -0.39 is 10.0 Å². The molecule has 3 aromatic carbocycles. The number of fused-ring (bicyclic) bond motifs is 1. The molecule has 1 amide bonds. The first kappa shape index (κ1) is 29.9. The Morgan fingerprint density at radius 2 is 1.76 bits per heavy atom. The standard InChI is InChI=1S/C25H24Cl2N4O4S2.ClH/c1-30(2)13-14-31(25-28-22-21(35-3)12-11-20(27)23(22)36-25)24(32)16-5-4-6-18(15-16)29-37(33,34)19-9-7-17(26)8-10-19;/h4-12,15,29H,13-14H2,1-3H3;1H. The summed E-state index contributed by atoms with van der Waals surface area (Å²) in [6, 6.07) is 15.6. The number of halogens is 3. The summed E-state index contributed by atoms with van der Waals surface area (Å²) in [5, 5.41) is 1.40. The van der Waals surface area contributed by atoms with Gasteiger partial charge >= 0.3 is 0 Å². The maximum Gasteiger partial charge on any atom is 0.261 e. The highest BCUT2D eigenvalue weighted by Gasteiger charge is 2.24. The second-order valence-corrected chi connectivity index (χ2v) is 11.8. The lowest BCUT2D eigenvalue weighted by atomic mass is 10.2. The molecule has 0 aliphatic carbocycles. The summed E-state index contributed by atoms with van der Waals surface area (Å²) in [6.07, 6.45) is 0. The largest absolute Gasteiger partial charge is 0.494 e. The van der Waals surface area contributed by atoms with Crippen LogP contribution in [0.25, 0.3) is 10.2 Å². The van der Waals surface area contributed by atoms with Gasteiger partial charge in [0.15, 0.2) is 5.13 Å². The average Bonchev–Trinajstić information content (AvgIpc) is 3.30. The van der Waals surface area contributed by atoms with Crippen LogP contribution < -0.4 is 14.4 Å². The maximum atomic E-state index is 13.7. The van der Waals surface area contributed by atoms with E-state index in [9.17, 15) is 13.2 Å². The number of carbonyl (C=O) groups is 1. The molecule has 1 heterocycles. The SMILES string of the molecule is COc1ccc(Cl)c2sc(N(CCN(C)C)C(=O)c3cccc(NS(=O)(=O)c4ccc(Cl)cc4)c3)nc12.Cl. The van der Waals surface area contributed by atoms with Gasteiger partial charge in [0.25, 0.3) is 15.9 Å². The van der Waals surface area contributed by atoms with Crippen LogP contribution in [0, 0.1) is 0 Å². The summed E-state index contributed by atoms with van der Waals surface area (Å²) in [7, 11) is 1.49. The van der Waals surface area contributed by atoms with Gasteiger partial charge in [0.2, 0.25) is 0 Å². The van der Waals surface area contributed by atoms with E-state index in [1.54, 1.807) is 42.3 Å². The lowest BCUT2D eigenvalue weighted by Gasteiger charge is -2.22. The van der Waals surface area contributed by atoms with Gasteiger partial charge in [0.05, 0.1) is 21.7 Å². The van der Waals surface area contributed by atoms with Gasteiger partial charge in [-0.1, -0.05) is 40.6 Å². The molecule has 0 unspecified atom stereocenters. The molecule has 0 atom stereocenters. The summed E-state index contributed by atoms with van der Waals surface area (Å²) >= 11 is 13.6. The van der Waals surface area contributed by atoms with E-state index in [0.717, 1.165) is 0 Å². The van der Waals surface area contributed by atoms with Crippen molar-refractivity contribution in [3.63, 3.8) is 0 Å². The number of nitrogens with one attached hydrogen (secondary N) is 1. The molecule has 0 saturated heterocycles. The van der Waals surface area contributed by atoms with Gasteiger partial charge in [-0.2, -0.15) is 0 Å². The van der Waals surface area contributed by atoms with Crippen LogP contribution in [-0.4, -0.2) is 58.5 Å². The zero-order chi connectivity index (χ0) is 26.7. The Balaban J connectivity index is 0.00000400. The third kappa shape index (κ3) is 6.69. The van der Waals surface area contributed by atoms with E-state index in [0.29, 0.717) is 49.8 Å². The maximum absolute atomic E-state index is 13.7. The number of aromatic nitrogens is 1. The molecule has 1 aromatic heterocycles. The molecule has 4 rings (SSSR count). The lowest BCUT2D eigenvalue weighted by molar-refractivity contribution is 0.0985. The number of rotatable bonds is 9. The van der Waals surface area contributed by atoms with Crippen molar-refractivity contribution in [3.05, 3.63) is 76.3 Å². The monoisotopic (exact) mass is 614 g/mol. The summed E-state index contributed by atoms with van der Waals surface area (Å²) < 4.78 is 34.3. The molecule has 4 aromatic rings. The van der Waals surface area contributed by atoms with Crippen molar-refractivity contribution in [2.45, 2.75) is 4.90 Å². The highest BCUT2D eigenvalue weighted by molar-refractivity contribution is 7.92. The number of ether oxygens (including phenoxy) is 1. The second kappa shape index (κ2) is 12.5. The number of hydrogen-bond donors (Lipinski definition) is 1. The van der Waals surface area contributed by atoms with Crippen molar-refractivity contribution in [1.82, 2.24) is 9.88 Å². The number of nitrogens with zero attached hydrogens (tertiary/aromatic N) is 3. The Hall–Kier alpha value is -2.60. The third-order valence-corrected chi connectivity index (χ3v) is 8.59. The molecule has 0 bridgehead atoms. The van der Waals surface area contributed by atoms with Gasteiger partial charge < -0.3 is 9.64 Å². The molecule has 8 nitrogen and oxygen atoms in total. The molecular weight excluding hydrogens is 591 g/mol. The molecule has 0 aliphatic rings. The van der Waals surface area contributed by atoms with Crippen LogP contribution in [0.15, 0.2) is 65.6 Å². The van der Waals surface area contributed by atoms with E-state index in [4.69, 9.17) is 27.9 Å². The van der Waals surface area contributed by atoms with Crippen LogP contribution in [0.1, 0.15) is 10.4 Å². The zero-order valence-corrected chi connectivity index (χ0v) is 24.6. The van der Waals surface area contributed by atoms with Crippen LogP contribution in [-0.2, 0) is 10.0 Å². The van der Waals surface area contributed by atoms with Gasteiger partial charge in [0.1, 0.15) is 11.3 Å². The molecule has 0 fully saturated rings. The fourth-order valence-electron chi connectivity index (χ4n) is 3.50.